The van der Waals surface area contributed by atoms with Crippen LogP contribution in [0.1, 0.15) is 54.0 Å². The summed E-state index contributed by atoms with van der Waals surface area (Å²) in [6.45, 7) is 5.36. The van der Waals surface area contributed by atoms with Crippen LogP contribution < -0.4 is 10.1 Å². The van der Waals surface area contributed by atoms with Crippen molar-refractivity contribution in [1.29, 1.82) is 0 Å². The first-order chi connectivity index (χ1) is 15.7. The fourth-order valence-electron chi connectivity index (χ4n) is 5.07. The molecular weight excluding hydrogens is 390 g/mol. The van der Waals surface area contributed by atoms with E-state index in [-0.39, 0.29) is 6.10 Å². The van der Waals surface area contributed by atoms with E-state index in [1.807, 2.05) is 0 Å². The quantitative estimate of drug-likeness (QED) is 0.356. The molecule has 4 aromatic carbocycles. The lowest BCUT2D eigenvalue weighted by atomic mass is 9.83. The van der Waals surface area contributed by atoms with E-state index in [1.54, 1.807) is 0 Å². The second kappa shape index (κ2) is 9.18. The summed E-state index contributed by atoms with van der Waals surface area (Å²) in [5.74, 6) is 1.43. The van der Waals surface area contributed by atoms with Crippen LogP contribution in [0.4, 0.5) is 0 Å². The molecule has 0 saturated carbocycles. The van der Waals surface area contributed by atoms with Gasteiger partial charge in [-0.1, -0.05) is 90.5 Å². The largest absolute Gasteiger partial charge is 0.490 e. The normalized spacial score (nSPS) is 18.7. The predicted molar refractivity (Wildman–Crippen MR) is 133 cm³/mol. The second-order valence-electron chi connectivity index (χ2n) is 9.01. The van der Waals surface area contributed by atoms with Crippen molar-refractivity contribution < 1.29 is 4.74 Å². The van der Waals surface area contributed by atoms with Gasteiger partial charge >= 0.3 is 0 Å². The molecule has 0 bridgehead atoms. The number of nitrogens with one attached hydrogen (secondary N) is 1. The molecule has 2 nitrogen and oxygen atoms in total. The van der Waals surface area contributed by atoms with E-state index in [0.717, 1.165) is 25.1 Å². The lowest BCUT2D eigenvalue weighted by molar-refractivity contribution is 0.154. The Morgan fingerprint density at radius 2 is 1.69 bits per heavy atom. The van der Waals surface area contributed by atoms with Crippen molar-refractivity contribution in [1.82, 2.24) is 5.32 Å². The molecule has 0 aliphatic carbocycles. The summed E-state index contributed by atoms with van der Waals surface area (Å²) in [6, 6.07) is 33.0. The Hall–Kier alpha value is -3.10. The number of hydrogen-bond donors (Lipinski definition) is 1. The fraction of sp³-hybridized carbons (Fsp3) is 0.267. The van der Waals surface area contributed by atoms with Crippen molar-refractivity contribution in [3.05, 3.63) is 113 Å². The molecule has 0 spiro atoms. The maximum Gasteiger partial charge on any atom is 0.123 e. The molecular formula is C30H31NO. The van der Waals surface area contributed by atoms with E-state index in [0.29, 0.717) is 12.0 Å². The van der Waals surface area contributed by atoms with Crippen LogP contribution in [0.5, 0.6) is 5.75 Å². The third-order valence-corrected chi connectivity index (χ3v) is 6.74. The minimum atomic E-state index is 0.211. The molecule has 1 aliphatic heterocycles. The van der Waals surface area contributed by atoms with Crippen LogP contribution >= 0.6 is 0 Å². The highest BCUT2D eigenvalue weighted by molar-refractivity contribution is 5.86. The molecule has 0 aromatic heterocycles. The van der Waals surface area contributed by atoms with Crippen LogP contribution in [0, 0.1) is 6.92 Å². The molecule has 32 heavy (non-hydrogen) atoms. The zero-order valence-electron chi connectivity index (χ0n) is 18.9. The van der Waals surface area contributed by atoms with Gasteiger partial charge in [0.05, 0.1) is 0 Å². The molecule has 0 fully saturated rings. The summed E-state index contributed by atoms with van der Waals surface area (Å²) in [6.07, 6.45) is 2.22. The molecule has 162 valence electrons. The first kappa shape index (κ1) is 20.8. The van der Waals surface area contributed by atoms with Crippen molar-refractivity contribution >= 4 is 10.8 Å². The molecule has 2 heteroatoms. The number of benzene rings is 4. The highest BCUT2D eigenvalue weighted by atomic mass is 16.5. The van der Waals surface area contributed by atoms with E-state index in [1.165, 1.54) is 33.0 Å². The predicted octanol–water partition coefficient (Wildman–Crippen LogP) is 7.17. The van der Waals surface area contributed by atoms with Gasteiger partial charge in [0.2, 0.25) is 0 Å². The zero-order chi connectivity index (χ0) is 21.9. The minimum absolute atomic E-state index is 0.211. The van der Waals surface area contributed by atoms with Gasteiger partial charge in [-0.05, 0) is 61.2 Å². The maximum absolute atomic E-state index is 6.43. The average Bonchev–Trinajstić information content (AvgIpc) is 2.83. The van der Waals surface area contributed by atoms with Crippen LogP contribution in [0.15, 0.2) is 91.0 Å². The van der Waals surface area contributed by atoms with Gasteiger partial charge in [0.15, 0.2) is 0 Å². The van der Waals surface area contributed by atoms with Crippen molar-refractivity contribution in [2.45, 2.75) is 44.8 Å². The van der Waals surface area contributed by atoms with Gasteiger partial charge in [-0.15, -0.1) is 0 Å². The monoisotopic (exact) mass is 421 g/mol. The third-order valence-electron chi connectivity index (χ3n) is 6.74. The Morgan fingerprint density at radius 1 is 0.906 bits per heavy atom. The lowest BCUT2D eigenvalue weighted by Gasteiger charge is -2.33. The SMILES string of the molecule is Cc1cccc(C2CC(CCNC(C)c3cccc4ccccc34)Oc3ccccc32)c1. The number of fused-ring (bicyclic) bond motifs is 2. The molecule has 5 rings (SSSR count). The zero-order valence-corrected chi connectivity index (χ0v) is 18.9. The first-order valence-electron chi connectivity index (χ1n) is 11.7. The van der Waals surface area contributed by atoms with Crippen molar-refractivity contribution in [2.75, 3.05) is 6.54 Å². The van der Waals surface area contributed by atoms with Gasteiger partial charge in [0.1, 0.15) is 11.9 Å². The van der Waals surface area contributed by atoms with E-state index in [4.69, 9.17) is 4.74 Å². The van der Waals surface area contributed by atoms with Crippen LogP contribution in [-0.2, 0) is 0 Å². The number of rotatable bonds is 6. The Kier molecular flexibility index (Phi) is 5.96. The topological polar surface area (TPSA) is 21.3 Å². The molecule has 1 aliphatic rings. The summed E-state index contributed by atoms with van der Waals surface area (Å²) in [5.41, 5.74) is 5.37. The van der Waals surface area contributed by atoms with E-state index >= 15 is 0 Å². The van der Waals surface area contributed by atoms with Crippen LogP contribution in [0.3, 0.4) is 0 Å². The molecule has 4 aromatic rings. The van der Waals surface area contributed by atoms with Crippen LogP contribution in [-0.4, -0.2) is 12.6 Å². The van der Waals surface area contributed by atoms with Gasteiger partial charge in [-0.3, -0.25) is 0 Å². The number of hydrogen-bond acceptors (Lipinski definition) is 2. The lowest BCUT2D eigenvalue weighted by Crippen LogP contribution is -2.31. The van der Waals surface area contributed by atoms with Gasteiger partial charge in [0.25, 0.3) is 0 Å². The number of ether oxygens (including phenoxy) is 1. The van der Waals surface area contributed by atoms with Gasteiger partial charge < -0.3 is 10.1 Å². The van der Waals surface area contributed by atoms with Gasteiger partial charge in [-0.2, -0.15) is 0 Å². The van der Waals surface area contributed by atoms with Gasteiger partial charge in [0, 0.05) is 17.5 Å². The summed E-state index contributed by atoms with van der Waals surface area (Å²) in [4.78, 5) is 0. The average molecular weight is 422 g/mol. The van der Waals surface area contributed by atoms with E-state index < -0.39 is 0 Å². The van der Waals surface area contributed by atoms with Crippen molar-refractivity contribution in [3.63, 3.8) is 0 Å². The Morgan fingerprint density at radius 3 is 2.59 bits per heavy atom. The highest BCUT2D eigenvalue weighted by Crippen LogP contribution is 2.41. The standard InChI is InChI=1S/C30H31NO/c1-21-9-7-12-24(19-21)29-20-25(32-30-16-6-5-14-28(29)30)17-18-31-22(2)26-15-8-11-23-10-3-4-13-27(23)26/h3-16,19,22,25,29,31H,17-18,20H2,1-2H3. The second-order valence-corrected chi connectivity index (χ2v) is 9.01. The number of para-hydroxylation sites is 1. The minimum Gasteiger partial charge on any atom is -0.490 e. The molecule has 3 unspecified atom stereocenters. The molecule has 0 amide bonds. The third kappa shape index (κ3) is 4.28. The van der Waals surface area contributed by atoms with Crippen molar-refractivity contribution in [2.24, 2.45) is 0 Å². The summed E-state index contributed by atoms with van der Waals surface area (Å²) in [7, 11) is 0. The first-order valence-corrected chi connectivity index (χ1v) is 11.7. The maximum atomic E-state index is 6.43. The Balaban J connectivity index is 1.29. The van der Waals surface area contributed by atoms with Crippen molar-refractivity contribution in [3.8, 4) is 5.75 Å². The molecule has 0 saturated heterocycles. The molecule has 3 atom stereocenters. The molecule has 1 heterocycles. The van der Waals surface area contributed by atoms with E-state index in [9.17, 15) is 0 Å². The van der Waals surface area contributed by atoms with E-state index in [2.05, 4.69) is 110 Å². The summed E-state index contributed by atoms with van der Waals surface area (Å²) < 4.78 is 6.43. The summed E-state index contributed by atoms with van der Waals surface area (Å²) in [5, 5.41) is 6.37. The molecule has 0 radical (unpaired) electrons. The molecule has 1 N–H and O–H groups in total. The fourth-order valence-corrected chi connectivity index (χ4v) is 5.07. The summed E-state index contributed by atoms with van der Waals surface area (Å²) >= 11 is 0. The number of aryl methyl sites for hydroxylation is 1. The van der Waals surface area contributed by atoms with Crippen LogP contribution in [0.25, 0.3) is 10.8 Å². The Labute approximate surface area is 191 Å². The van der Waals surface area contributed by atoms with Crippen LogP contribution in [0.2, 0.25) is 0 Å². The highest BCUT2D eigenvalue weighted by Gasteiger charge is 2.29. The Bertz CT molecular complexity index is 1210. The smallest absolute Gasteiger partial charge is 0.123 e. The van der Waals surface area contributed by atoms with Gasteiger partial charge in [-0.25, -0.2) is 0 Å².